The van der Waals surface area contributed by atoms with Gasteiger partial charge >= 0.3 is 0 Å². The van der Waals surface area contributed by atoms with Crippen LogP contribution in [0.15, 0.2) is 84.9 Å². The zero-order chi connectivity index (χ0) is 34.1. The SMILES string of the molecule is Cc1ccc(N(c2ccc(C)cc2)c2cc3c4c(c2)N(C(C)(C)C)c2cc(C)cc5c2P4(=O)c2c(cc(C)cc2N5C(C)(C)C)O3)cc1. The van der Waals surface area contributed by atoms with E-state index in [-0.39, 0.29) is 11.1 Å². The molecule has 0 spiro atoms. The van der Waals surface area contributed by atoms with E-state index < -0.39 is 7.14 Å². The van der Waals surface area contributed by atoms with Gasteiger partial charge in [0.15, 0.2) is 7.14 Å². The van der Waals surface area contributed by atoms with Crippen LogP contribution in [0.25, 0.3) is 0 Å². The molecule has 0 amide bonds. The third-order valence-electron chi connectivity index (χ3n) is 9.77. The molecule has 5 aromatic carbocycles. The van der Waals surface area contributed by atoms with Gasteiger partial charge in [-0.3, -0.25) is 0 Å². The van der Waals surface area contributed by atoms with Crippen molar-refractivity contribution in [3.8, 4) is 11.5 Å². The summed E-state index contributed by atoms with van der Waals surface area (Å²) in [6.07, 6.45) is 0. The number of hydrogen-bond donors (Lipinski definition) is 0. The molecule has 0 bridgehead atoms. The number of rotatable bonds is 3. The van der Waals surface area contributed by atoms with Crippen LogP contribution < -0.4 is 35.4 Å². The van der Waals surface area contributed by atoms with E-state index in [0.717, 1.165) is 66.9 Å². The highest BCUT2D eigenvalue weighted by Gasteiger charge is 2.56. The Hall–Kier alpha value is -4.47. The van der Waals surface area contributed by atoms with E-state index in [1.807, 2.05) is 0 Å². The molecular formula is C42H44N3O2P. The first-order valence-corrected chi connectivity index (χ1v) is 18.6. The van der Waals surface area contributed by atoms with Crippen molar-refractivity contribution < 1.29 is 9.30 Å². The van der Waals surface area contributed by atoms with Crippen LogP contribution in [-0.4, -0.2) is 11.1 Å². The molecule has 0 aliphatic carbocycles. The van der Waals surface area contributed by atoms with Gasteiger partial charge in [0, 0.05) is 28.5 Å². The third kappa shape index (κ3) is 4.33. The van der Waals surface area contributed by atoms with Gasteiger partial charge in [-0.25, -0.2) is 0 Å². The molecule has 3 aliphatic heterocycles. The first kappa shape index (κ1) is 30.8. The minimum absolute atomic E-state index is 0.270. The number of ether oxygens (including phenoxy) is 1. The maximum atomic E-state index is 16.5. The van der Waals surface area contributed by atoms with E-state index in [1.54, 1.807) is 0 Å². The van der Waals surface area contributed by atoms with E-state index in [4.69, 9.17) is 4.74 Å². The standard InChI is InChI=1S/C42H44N3O2P/c1-25-11-15-29(16-12-25)43(30-17-13-26(2)14-18-30)31-23-35-40-37(24-31)47-36-22-28(4)21-34-39(36)48(40,46)38-32(44(34)41(5,6)7)19-27(3)20-33(38)45(35)42(8,9)10/h11-24H,1-10H3. The summed E-state index contributed by atoms with van der Waals surface area (Å²) in [5.41, 5.74) is 11.0. The maximum Gasteiger partial charge on any atom is 0.186 e. The third-order valence-corrected chi connectivity index (χ3v) is 13.0. The summed E-state index contributed by atoms with van der Waals surface area (Å²) >= 11 is 0. The van der Waals surface area contributed by atoms with Gasteiger partial charge in [0.2, 0.25) is 0 Å². The van der Waals surface area contributed by atoms with Gasteiger partial charge in [-0.15, -0.1) is 0 Å². The fourth-order valence-corrected chi connectivity index (χ4v) is 11.4. The fourth-order valence-electron chi connectivity index (χ4n) is 7.96. The molecule has 1 atom stereocenters. The highest BCUT2D eigenvalue weighted by Crippen LogP contribution is 2.66. The van der Waals surface area contributed by atoms with Gasteiger partial charge in [0.05, 0.1) is 44.4 Å². The smallest absolute Gasteiger partial charge is 0.186 e. The average molecular weight is 654 g/mol. The molecular weight excluding hydrogens is 609 g/mol. The summed E-state index contributed by atoms with van der Waals surface area (Å²) < 4.78 is 23.5. The summed E-state index contributed by atoms with van der Waals surface area (Å²) in [7, 11) is -3.37. The lowest BCUT2D eigenvalue weighted by atomic mass is 9.97. The molecule has 3 aliphatic rings. The Kier molecular flexibility index (Phi) is 6.44. The summed E-state index contributed by atoms with van der Waals surface area (Å²) in [5.74, 6) is 1.35. The number of aryl methyl sites for hydroxylation is 4. The molecule has 5 aromatic rings. The van der Waals surface area contributed by atoms with Crippen molar-refractivity contribution in [3.63, 3.8) is 0 Å². The van der Waals surface area contributed by atoms with Gasteiger partial charge in [-0.05, 0) is 135 Å². The second kappa shape index (κ2) is 10.0. The molecule has 6 heteroatoms. The molecule has 0 radical (unpaired) electrons. The average Bonchev–Trinajstić information content (AvgIpc) is 2.97. The number of benzene rings is 5. The van der Waals surface area contributed by atoms with Crippen LogP contribution in [0, 0.1) is 27.7 Å². The Morgan fingerprint density at radius 1 is 0.500 bits per heavy atom. The molecule has 244 valence electrons. The highest BCUT2D eigenvalue weighted by atomic mass is 31.2. The fraction of sp³-hybridized carbons (Fsp3) is 0.286. The predicted molar refractivity (Wildman–Crippen MR) is 203 cm³/mol. The molecule has 3 heterocycles. The lowest BCUT2D eigenvalue weighted by molar-refractivity contribution is 0.482. The summed E-state index contributed by atoms with van der Waals surface area (Å²) in [6.45, 7) is 21.9. The monoisotopic (exact) mass is 653 g/mol. The Labute approximate surface area is 285 Å². The molecule has 0 saturated carbocycles. The first-order chi connectivity index (χ1) is 22.6. The van der Waals surface area contributed by atoms with Crippen LogP contribution in [-0.2, 0) is 4.57 Å². The van der Waals surface area contributed by atoms with Crippen molar-refractivity contribution >= 4 is 62.9 Å². The van der Waals surface area contributed by atoms with Gasteiger partial charge < -0.3 is 24.0 Å². The molecule has 48 heavy (non-hydrogen) atoms. The van der Waals surface area contributed by atoms with Gasteiger partial charge in [-0.1, -0.05) is 35.4 Å². The minimum atomic E-state index is -3.37. The number of hydrogen-bond acceptors (Lipinski definition) is 5. The first-order valence-electron chi connectivity index (χ1n) is 16.9. The second-order valence-electron chi connectivity index (χ2n) is 15.8. The zero-order valence-corrected chi connectivity index (χ0v) is 30.6. The Balaban J connectivity index is 1.50. The van der Waals surface area contributed by atoms with Crippen LogP contribution in [0.4, 0.5) is 39.8 Å². The predicted octanol–water partition coefficient (Wildman–Crippen LogP) is 10.6. The van der Waals surface area contributed by atoms with E-state index in [9.17, 15) is 0 Å². The van der Waals surface area contributed by atoms with E-state index in [1.165, 1.54) is 11.1 Å². The quantitative estimate of drug-likeness (QED) is 0.178. The van der Waals surface area contributed by atoms with E-state index in [2.05, 4.69) is 169 Å². The molecule has 1 unspecified atom stereocenters. The Bertz CT molecular complexity index is 2160. The van der Waals surface area contributed by atoms with Crippen molar-refractivity contribution in [3.05, 3.63) is 107 Å². The summed E-state index contributed by atoms with van der Waals surface area (Å²) in [4.78, 5) is 7.09. The molecule has 8 rings (SSSR count). The van der Waals surface area contributed by atoms with Crippen LogP contribution in [0.1, 0.15) is 63.8 Å². The second-order valence-corrected chi connectivity index (χ2v) is 18.4. The normalized spacial score (nSPS) is 17.2. The molecule has 0 saturated heterocycles. The molecule has 5 nitrogen and oxygen atoms in total. The molecule has 0 fully saturated rings. The zero-order valence-electron chi connectivity index (χ0n) is 29.7. The van der Waals surface area contributed by atoms with Crippen LogP contribution in [0.5, 0.6) is 11.5 Å². The van der Waals surface area contributed by atoms with Crippen molar-refractivity contribution in [1.29, 1.82) is 0 Å². The number of nitrogens with zero attached hydrogens (tertiary/aromatic N) is 3. The Morgan fingerprint density at radius 2 is 0.896 bits per heavy atom. The van der Waals surface area contributed by atoms with Crippen LogP contribution in [0.2, 0.25) is 0 Å². The Morgan fingerprint density at radius 3 is 1.35 bits per heavy atom. The summed E-state index contributed by atoms with van der Waals surface area (Å²) in [6, 6.07) is 30.4. The van der Waals surface area contributed by atoms with Gasteiger partial charge in [-0.2, -0.15) is 0 Å². The number of anilines is 7. The van der Waals surface area contributed by atoms with Crippen molar-refractivity contribution in [2.45, 2.75) is 80.3 Å². The highest BCUT2D eigenvalue weighted by molar-refractivity contribution is 7.87. The topological polar surface area (TPSA) is 36.0 Å². The van der Waals surface area contributed by atoms with Crippen LogP contribution in [0.3, 0.4) is 0 Å². The van der Waals surface area contributed by atoms with Gasteiger partial charge in [0.1, 0.15) is 11.5 Å². The van der Waals surface area contributed by atoms with Crippen molar-refractivity contribution in [1.82, 2.24) is 0 Å². The van der Waals surface area contributed by atoms with E-state index in [0.29, 0.717) is 11.5 Å². The van der Waals surface area contributed by atoms with Crippen LogP contribution >= 0.6 is 7.14 Å². The molecule has 0 aromatic heterocycles. The lowest BCUT2D eigenvalue weighted by Gasteiger charge is -2.52. The van der Waals surface area contributed by atoms with Crippen molar-refractivity contribution in [2.24, 2.45) is 0 Å². The molecule has 0 N–H and O–H groups in total. The maximum absolute atomic E-state index is 16.5. The minimum Gasteiger partial charge on any atom is -0.455 e. The lowest BCUT2D eigenvalue weighted by Crippen LogP contribution is -2.54. The largest absolute Gasteiger partial charge is 0.455 e. The van der Waals surface area contributed by atoms with Gasteiger partial charge in [0.25, 0.3) is 0 Å². The van der Waals surface area contributed by atoms with E-state index >= 15 is 4.57 Å². The summed E-state index contributed by atoms with van der Waals surface area (Å²) in [5, 5.41) is 2.55. The van der Waals surface area contributed by atoms with Crippen molar-refractivity contribution in [2.75, 3.05) is 14.7 Å².